The minimum Gasteiger partial charge on any atom is -0.438 e. The van der Waals surface area contributed by atoms with Crippen molar-refractivity contribution in [3.05, 3.63) is 24.3 Å². The molecular formula is C11H15NO4. The number of Topliss-reactive ketones (excluding diaryl/α,β-unsaturated/α-hetero) is 1. The third kappa shape index (κ3) is 2.30. The van der Waals surface area contributed by atoms with Gasteiger partial charge in [-0.3, -0.25) is 4.79 Å². The summed E-state index contributed by atoms with van der Waals surface area (Å²) in [5, 5.41) is 10.1. The number of nitrogens with zero attached hydrogens (tertiary/aromatic N) is 1. The lowest BCUT2D eigenvalue weighted by Crippen LogP contribution is -2.49. The van der Waals surface area contributed by atoms with E-state index in [-0.39, 0.29) is 0 Å². The van der Waals surface area contributed by atoms with Gasteiger partial charge in [-0.05, 0) is 19.1 Å². The molecule has 0 aromatic heterocycles. The average molecular weight is 225 g/mol. The molecule has 0 bridgehead atoms. The van der Waals surface area contributed by atoms with Crippen LogP contribution in [0.5, 0.6) is 0 Å². The highest BCUT2D eigenvalue weighted by atomic mass is 16.6. The summed E-state index contributed by atoms with van der Waals surface area (Å²) in [4.78, 5) is 23.9. The van der Waals surface area contributed by atoms with E-state index in [1.54, 1.807) is 12.2 Å². The summed E-state index contributed by atoms with van der Waals surface area (Å²) in [6.07, 6.45) is 4.37. The Labute approximate surface area is 94.0 Å². The highest BCUT2D eigenvalue weighted by Crippen LogP contribution is 2.22. The van der Waals surface area contributed by atoms with Gasteiger partial charge in [0.25, 0.3) is 0 Å². The number of ketones is 1. The van der Waals surface area contributed by atoms with Gasteiger partial charge in [0.05, 0.1) is 0 Å². The standard InChI is InChI=1S/C11H15NO4/c1-8(13)11(15)7-5-4-6-9(11)16-10(14)12(2)3/h4-7,9,15H,1-3H3. The summed E-state index contributed by atoms with van der Waals surface area (Å²) in [5.41, 5.74) is -1.76. The number of carbonyl (C=O) groups is 2. The number of rotatable bonds is 2. The summed E-state index contributed by atoms with van der Waals surface area (Å²) < 4.78 is 5.01. The van der Waals surface area contributed by atoms with E-state index >= 15 is 0 Å². The lowest BCUT2D eigenvalue weighted by atomic mass is 9.88. The van der Waals surface area contributed by atoms with Crippen molar-refractivity contribution < 1.29 is 19.4 Å². The molecule has 1 N–H and O–H groups in total. The van der Waals surface area contributed by atoms with Crippen molar-refractivity contribution >= 4 is 11.9 Å². The van der Waals surface area contributed by atoms with E-state index in [0.29, 0.717) is 0 Å². The Morgan fingerprint density at radius 3 is 2.50 bits per heavy atom. The second-order valence-corrected chi connectivity index (χ2v) is 3.82. The molecule has 1 aliphatic rings. The van der Waals surface area contributed by atoms with Crippen molar-refractivity contribution in [2.24, 2.45) is 0 Å². The van der Waals surface area contributed by atoms with Crippen molar-refractivity contribution in [2.75, 3.05) is 14.1 Å². The molecule has 0 spiro atoms. The predicted molar refractivity (Wildman–Crippen MR) is 57.9 cm³/mol. The third-order valence-electron chi connectivity index (χ3n) is 2.34. The quantitative estimate of drug-likeness (QED) is 0.743. The molecule has 0 heterocycles. The molecule has 0 aromatic rings. The van der Waals surface area contributed by atoms with Crippen molar-refractivity contribution in [1.82, 2.24) is 4.90 Å². The van der Waals surface area contributed by atoms with Crippen LogP contribution >= 0.6 is 0 Å². The molecular weight excluding hydrogens is 210 g/mol. The molecule has 0 fully saturated rings. The molecule has 1 aliphatic carbocycles. The van der Waals surface area contributed by atoms with Gasteiger partial charge in [0, 0.05) is 14.1 Å². The van der Waals surface area contributed by atoms with Crippen molar-refractivity contribution in [3.8, 4) is 0 Å². The molecule has 0 aromatic carbocycles. The molecule has 2 unspecified atom stereocenters. The molecule has 88 valence electrons. The predicted octanol–water partition coefficient (Wildman–Crippen LogP) is 0.499. The molecule has 2 atom stereocenters. The van der Waals surface area contributed by atoms with E-state index in [2.05, 4.69) is 0 Å². The monoisotopic (exact) mass is 225 g/mol. The van der Waals surface area contributed by atoms with Crippen LogP contribution in [0.3, 0.4) is 0 Å². The highest BCUT2D eigenvalue weighted by molar-refractivity contribution is 5.89. The first-order valence-electron chi connectivity index (χ1n) is 4.85. The smallest absolute Gasteiger partial charge is 0.409 e. The van der Waals surface area contributed by atoms with Crippen LogP contribution < -0.4 is 0 Å². The van der Waals surface area contributed by atoms with E-state index < -0.39 is 23.6 Å². The molecule has 0 saturated heterocycles. The van der Waals surface area contributed by atoms with Crippen LogP contribution in [-0.2, 0) is 9.53 Å². The van der Waals surface area contributed by atoms with Crippen LogP contribution in [0, 0.1) is 0 Å². The van der Waals surface area contributed by atoms with Gasteiger partial charge in [-0.25, -0.2) is 4.79 Å². The van der Waals surface area contributed by atoms with Crippen LogP contribution in [0.2, 0.25) is 0 Å². The Kier molecular flexibility index (Phi) is 3.49. The van der Waals surface area contributed by atoms with Gasteiger partial charge in [0.1, 0.15) is 0 Å². The number of allylic oxidation sites excluding steroid dienone is 2. The summed E-state index contributed by atoms with van der Waals surface area (Å²) in [6, 6.07) is 0. The van der Waals surface area contributed by atoms with Gasteiger partial charge < -0.3 is 14.7 Å². The number of amides is 1. The van der Waals surface area contributed by atoms with E-state index in [4.69, 9.17) is 4.74 Å². The first kappa shape index (κ1) is 12.4. The second kappa shape index (κ2) is 4.49. The number of hydrogen-bond acceptors (Lipinski definition) is 4. The minimum atomic E-state index is -1.76. The molecule has 1 rings (SSSR count). The number of ether oxygens (including phenoxy) is 1. The van der Waals surface area contributed by atoms with Crippen LogP contribution in [0.1, 0.15) is 6.92 Å². The molecule has 0 saturated carbocycles. The Morgan fingerprint density at radius 2 is 2.00 bits per heavy atom. The van der Waals surface area contributed by atoms with Crippen LogP contribution in [0.4, 0.5) is 4.79 Å². The Morgan fingerprint density at radius 1 is 1.38 bits per heavy atom. The normalized spacial score (nSPS) is 27.6. The summed E-state index contributed by atoms with van der Waals surface area (Å²) >= 11 is 0. The van der Waals surface area contributed by atoms with Gasteiger partial charge in [-0.15, -0.1) is 0 Å². The Balaban J connectivity index is 2.86. The van der Waals surface area contributed by atoms with Gasteiger partial charge in [0.2, 0.25) is 0 Å². The first-order valence-corrected chi connectivity index (χ1v) is 4.85. The number of aliphatic hydroxyl groups is 1. The average Bonchev–Trinajstić information content (AvgIpc) is 2.21. The number of carbonyl (C=O) groups excluding carboxylic acids is 2. The van der Waals surface area contributed by atoms with Crippen LogP contribution in [-0.4, -0.2) is 47.7 Å². The lowest BCUT2D eigenvalue weighted by molar-refractivity contribution is -0.138. The van der Waals surface area contributed by atoms with Crippen molar-refractivity contribution in [1.29, 1.82) is 0 Å². The molecule has 16 heavy (non-hydrogen) atoms. The minimum absolute atomic E-state index is 0.468. The third-order valence-corrected chi connectivity index (χ3v) is 2.34. The molecule has 5 heteroatoms. The molecule has 1 amide bonds. The zero-order valence-electron chi connectivity index (χ0n) is 9.51. The van der Waals surface area contributed by atoms with Gasteiger partial charge in [-0.2, -0.15) is 0 Å². The molecule has 0 radical (unpaired) electrons. The molecule has 5 nitrogen and oxygen atoms in total. The van der Waals surface area contributed by atoms with E-state index in [1.807, 2.05) is 0 Å². The van der Waals surface area contributed by atoms with Crippen molar-refractivity contribution in [3.63, 3.8) is 0 Å². The maximum atomic E-state index is 11.3. The van der Waals surface area contributed by atoms with E-state index in [0.717, 1.165) is 0 Å². The fourth-order valence-electron chi connectivity index (χ4n) is 1.27. The second-order valence-electron chi connectivity index (χ2n) is 3.82. The fourth-order valence-corrected chi connectivity index (χ4v) is 1.27. The highest BCUT2D eigenvalue weighted by Gasteiger charge is 2.41. The first-order chi connectivity index (χ1) is 7.38. The molecule has 0 aliphatic heterocycles. The largest absolute Gasteiger partial charge is 0.438 e. The van der Waals surface area contributed by atoms with Gasteiger partial charge in [0.15, 0.2) is 17.5 Å². The van der Waals surface area contributed by atoms with Gasteiger partial charge in [-0.1, -0.05) is 12.2 Å². The van der Waals surface area contributed by atoms with Crippen LogP contribution in [0.15, 0.2) is 24.3 Å². The van der Waals surface area contributed by atoms with Crippen molar-refractivity contribution in [2.45, 2.75) is 18.6 Å². The zero-order chi connectivity index (χ0) is 12.3. The van der Waals surface area contributed by atoms with Gasteiger partial charge >= 0.3 is 6.09 Å². The summed E-state index contributed by atoms with van der Waals surface area (Å²) in [5.74, 6) is -0.468. The lowest BCUT2D eigenvalue weighted by Gasteiger charge is -2.31. The van der Waals surface area contributed by atoms with Crippen LogP contribution in [0.25, 0.3) is 0 Å². The zero-order valence-corrected chi connectivity index (χ0v) is 9.51. The van der Waals surface area contributed by atoms with E-state index in [1.165, 1.54) is 38.1 Å². The van der Waals surface area contributed by atoms with E-state index in [9.17, 15) is 14.7 Å². The SMILES string of the molecule is CC(=O)C1(O)C=CC=CC1OC(=O)N(C)C. The fraction of sp³-hybridized carbons (Fsp3) is 0.455. The summed E-state index contributed by atoms with van der Waals surface area (Å²) in [7, 11) is 3.05. The maximum absolute atomic E-state index is 11.3. The Bertz CT molecular complexity index is 359. The maximum Gasteiger partial charge on any atom is 0.409 e. The topological polar surface area (TPSA) is 66.8 Å². The Hall–Kier alpha value is -1.62. The number of hydrogen-bond donors (Lipinski definition) is 1. The summed E-state index contributed by atoms with van der Waals surface area (Å²) in [6.45, 7) is 1.25.